The van der Waals surface area contributed by atoms with E-state index < -0.39 is 11.9 Å². The van der Waals surface area contributed by atoms with Crippen LogP contribution in [-0.4, -0.2) is 57.1 Å². The lowest BCUT2D eigenvalue weighted by molar-refractivity contribution is -0.134. The Morgan fingerprint density at radius 2 is 2.07 bits per heavy atom. The van der Waals surface area contributed by atoms with Crippen LogP contribution >= 0.6 is 0 Å². The third-order valence-corrected chi connectivity index (χ3v) is 5.28. The zero-order valence-corrected chi connectivity index (χ0v) is 16.0. The molecule has 1 aliphatic heterocycles. The van der Waals surface area contributed by atoms with Gasteiger partial charge in [0, 0.05) is 56.3 Å². The number of nitrogens with zero attached hydrogens (tertiary/aromatic N) is 4. The summed E-state index contributed by atoms with van der Waals surface area (Å²) < 4.78 is 7.53. The normalized spacial score (nSPS) is 16.3. The zero-order chi connectivity index (χ0) is 20.0. The Hall–Kier alpha value is -3.13. The molecule has 0 aliphatic carbocycles. The van der Waals surface area contributed by atoms with Crippen LogP contribution in [0.1, 0.15) is 33.4 Å². The molecule has 0 spiro atoms. The van der Waals surface area contributed by atoms with Gasteiger partial charge in [0.1, 0.15) is 11.6 Å². The quantitative estimate of drug-likeness (QED) is 0.741. The standard InChI is InChI=1S/C20H22N4O4/c1-22(2)19(26)17-13-10-21-23(3)15(13)8-9-24(17)20(27)18-14(11-25)12-6-4-5-7-16(12)28-18/h4-7,10,17,25H,8-9,11H2,1-3H3. The number of amides is 2. The van der Waals surface area contributed by atoms with E-state index in [4.69, 9.17) is 4.42 Å². The predicted octanol–water partition coefficient (Wildman–Crippen LogP) is 1.49. The molecule has 1 aromatic carbocycles. The Morgan fingerprint density at radius 1 is 1.32 bits per heavy atom. The van der Waals surface area contributed by atoms with E-state index in [9.17, 15) is 14.7 Å². The maximum absolute atomic E-state index is 13.4. The molecule has 3 aromatic rings. The number of rotatable bonds is 3. The third kappa shape index (κ3) is 2.68. The molecule has 2 aromatic heterocycles. The van der Waals surface area contributed by atoms with Crippen molar-refractivity contribution in [3.8, 4) is 0 Å². The first-order valence-electron chi connectivity index (χ1n) is 9.08. The van der Waals surface area contributed by atoms with Crippen LogP contribution in [0.2, 0.25) is 0 Å². The Morgan fingerprint density at radius 3 is 2.79 bits per heavy atom. The Labute approximate surface area is 161 Å². The molecule has 1 unspecified atom stereocenters. The van der Waals surface area contributed by atoms with Crippen LogP contribution in [0, 0.1) is 0 Å². The first kappa shape index (κ1) is 18.2. The van der Waals surface area contributed by atoms with E-state index in [1.54, 1.807) is 37.1 Å². The number of likely N-dealkylation sites (N-methyl/N-ethyl adjacent to an activating group) is 1. The number of aromatic nitrogens is 2. The minimum absolute atomic E-state index is 0.0765. The highest BCUT2D eigenvalue weighted by atomic mass is 16.4. The molecule has 28 heavy (non-hydrogen) atoms. The fraction of sp³-hybridized carbons (Fsp3) is 0.350. The lowest BCUT2D eigenvalue weighted by Gasteiger charge is -2.35. The molecular formula is C20H22N4O4. The molecule has 0 bridgehead atoms. The van der Waals surface area contributed by atoms with E-state index in [0.29, 0.717) is 29.5 Å². The first-order chi connectivity index (χ1) is 13.4. The Kier molecular flexibility index (Phi) is 4.43. The summed E-state index contributed by atoms with van der Waals surface area (Å²) in [6.45, 7) is 0.0356. The zero-order valence-electron chi connectivity index (χ0n) is 16.0. The van der Waals surface area contributed by atoms with Gasteiger partial charge in [-0.3, -0.25) is 14.3 Å². The molecule has 8 nitrogen and oxygen atoms in total. The average molecular weight is 382 g/mol. The topological polar surface area (TPSA) is 91.8 Å². The smallest absolute Gasteiger partial charge is 0.290 e. The van der Waals surface area contributed by atoms with Gasteiger partial charge in [-0.25, -0.2) is 0 Å². The van der Waals surface area contributed by atoms with Crippen molar-refractivity contribution in [1.29, 1.82) is 0 Å². The highest BCUT2D eigenvalue weighted by Crippen LogP contribution is 2.34. The van der Waals surface area contributed by atoms with E-state index >= 15 is 0 Å². The molecule has 4 rings (SSSR count). The van der Waals surface area contributed by atoms with Gasteiger partial charge in [0.15, 0.2) is 5.76 Å². The summed E-state index contributed by atoms with van der Waals surface area (Å²) in [6, 6.07) is 6.41. The summed E-state index contributed by atoms with van der Waals surface area (Å²) in [6.07, 6.45) is 2.23. The first-order valence-corrected chi connectivity index (χ1v) is 9.08. The van der Waals surface area contributed by atoms with Crippen molar-refractivity contribution in [2.75, 3.05) is 20.6 Å². The molecule has 146 valence electrons. The van der Waals surface area contributed by atoms with Crippen molar-refractivity contribution < 1.29 is 19.1 Å². The molecule has 1 N–H and O–H groups in total. The molecular weight excluding hydrogens is 360 g/mol. The van der Waals surface area contributed by atoms with Crippen LogP contribution < -0.4 is 0 Å². The molecule has 1 atom stereocenters. The fourth-order valence-electron chi connectivity index (χ4n) is 3.83. The lowest BCUT2D eigenvalue weighted by Crippen LogP contribution is -2.47. The minimum atomic E-state index is -0.778. The third-order valence-electron chi connectivity index (χ3n) is 5.28. The summed E-state index contributed by atoms with van der Waals surface area (Å²) in [4.78, 5) is 29.4. The molecule has 8 heteroatoms. The van der Waals surface area contributed by atoms with Crippen LogP contribution in [0.5, 0.6) is 0 Å². The van der Waals surface area contributed by atoms with Gasteiger partial charge in [-0.1, -0.05) is 18.2 Å². The van der Waals surface area contributed by atoms with Crippen LogP contribution in [0.3, 0.4) is 0 Å². The number of aryl methyl sites for hydroxylation is 1. The van der Waals surface area contributed by atoms with Crippen molar-refractivity contribution in [2.45, 2.75) is 19.1 Å². The summed E-state index contributed by atoms with van der Waals surface area (Å²) in [5, 5.41) is 14.8. The second-order valence-corrected chi connectivity index (χ2v) is 7.12. The number of benzene rings is 1. The van der Waals surface area contributed by atoms with Crippen molar-refractivity contribution in [1.82, 2.24) is 19.6 Å². The van der Waals surface area contributed by atoms with Crippen molar-refractivity contribution in [3.05, 3.63) is 53.0 Å². The van der Waals surface area contributed by atoms with Crippen LogP contribution in [0.4, 0.5) is 0 Å². The second kappa shape index (κ2) is 6.79. The number of aliphatic hydroxyl groups excluding tert-OH is 1. The number of hydrogen-bond donors (Lipinski definition) is 1. The van der Waals surface area contributed by atoms with Gasteiger partial charge in [-0.05, 0) is 6.07 Å². The largest absolute Gasteiger partial charge is 0.451 e. The molecule has 3 heterocycles. The average Bonchev–Trinajstić information content (AvgIpc) is 3.26. The van der Waals surface area contributed by atoms with E-state index in [1.165, 1.54) is 9.80 Å². The molecule has 0 radical (unpaired) electrons. The molecule has 2 amide bonds. The maximum Gasteiger partial charge on any atom is 0.290 e. The van der Waals surface area contributed by atoms with Crippen molar-refractivity contribution >= 4 is 22.8 Å². The van der Waals surface area contributed by atoms with Crippen molar-refractivity contribution in [2.24, 2.45) is 7.05 Å². The molecule has 0 fully saturated rings. The monoisotopic (exact) mass is 382 g/mol. The highest BCUT2D eigenvalue weighted by Gasteiger charge is 2.40. The number of carbonyl (C=O) groups excluding carboxylic acids is 2. The molecule has 0 saturated heterocycles. The molecule has 0 saturated carbocycles. The number of aliphatic hydroxyl groups is 1. The van der Waals surface area contributed by atoms with Gasteiger partial charge in [-0.15, -0.1) is 0 Å². The lowest BCUT2D eigenvalue weighted by atomic mass is 9.97. The Bertz CT molecular complexity index is 1070. The van der Waals surface area contributed by atoms with E-state index in [0.717, 1.165) is 11.3 Å². The number of furan rings is 1. The minimum Gasteiger partial charge on any atom is -0.451 e. The molecule has 1 aliphatic rings. The van der Waals surface area contributed by atoms with Crippen LogP contribution in [-0.2, 0) is 24.9 Å². The van der Waals surface area contributed by atoms with E-state index in [-0.39, 0.29) is 18.3 Å². The van der Waals surface area contributed by atoms with Gasteiger partial charge in [0.25, 0.3) is 5.91 Å². The second-order valence-electron chi connectivity index (χ2n) is 7.12. The SMILES string of the molecule is CN(C)C(=O)C1c2cnn(C)c2CCN1C(=O)c1oc2ccccc2c1CO. The highest BCUT2D eigenvalue weighted by molar-refractivity contribution is 6.01. The van der Waals surface area contributed by atoms with Gasteiger partial charge in [0.05, 0.1) is 12.8 Å². The van der Waals surface area contributed by atoms with E-state index in [1.807, 2.05) is 19.2 Å². The summed E-state index contributed by atoms with van der Waals surface area (Å²) in [7, 11) is 5.16. The number of para-hydroxylation sites is 1. The van der Waals surface area contributed by atoms with Crippen LogP contribution in [0.15, 0.2) is 34.9 Å². The summed E-state index contributed by atoms with van der Waals surface area (Å²) in [5.74, 6) is -0.536. The number of hydrogen-bond acceptors (Lipinski definition) is 5. The fourth-order valence-corrected chi connectivity index (χ4v) is 3.83. The van der Waals surface area contributed by atoms with Gasteiger partial charge >= 0.3 is 0 Å². The predicted molar refractivity (Wildman–Crippen MR) is 102 cm³/mol. The van der Waals surface area contributed by atoms with E-state index in [2.05, 4.69) is 5.10 Å². The number of carbonyl (C=O) groups is 2. The van der Waals surface area contributed by atoms with Gasteiger partial charge < -0.3 is 19.3 Å². The summed E-state index contributed by atoms with van der Waals surface area (Å²) >= 11 is 0. The van der Waals surface area contributed by atoms with Gasteiger partial charge in [-0.2, -0.15) is 5.10 Å². The number of fused-ring (bicyclic) bond motifs is 2. The van der Waals surface area contributed by atoms with Gasteiger partial charge in [0.2, 0.25) is 5.91 Å². The Balaban J connectivity index is 1.81. The maximum atomic E-state index is 13.4. The van der Waals surface area contributed by atoms with Crippen LogP contribution in [0.25, 0.3) is 11.0 Å². The summed E-state index contributed by atoms with van der Waals surface area (Å²) in [5.41, 5.74) is 2.64. The van der Waals surface area contributed by atoms with Crippen molar-refractivity contribution in [3.63, 3.8) is 0 Å².